The lowest BCUT2D eigenvalue weighted by molar-refractivity contribution is 0.139. The molecular formula is C13H23ClN2O3. The van der Waals surface area contributed by atoms with Gasteiger partial charge in [0.15, 0.2) is 0 Å². The molecule has 0 aromatic rings. The van der Waals surface area contributed by atoms with Crippen LogP contribution in [0.15, 0.2) is 9.98 Å². The SMILES string of the molecule is CCCCOCN=C=O.O=C=NCCCCCCCl. The number of carbonyl (C=O) groups excluding carboxylic acids is 2. The molecule has 5 nitrogen and oxygen atoms in total. The number of isocyanates is 2. The monoisotopic (exact) mass is 290 g/mol. The minimum absolute atomic E-state index is 0.156. The molecule has 0 bridgehead atoms. The van der Waals surface area contributed by atoms with E-state index in [0.29, 0.717) is 13.2 Å². The Bertz CT molecular complexity index is 263. The first-order chi connectivity index (χ1) is 9.33. The Labute approximate surface area is 120 Å². The number of aliphatic imine (C=N–C) groups is 2. The number of alkyl halides is 1. The zero-order valence-corrected chi connectivity index (χ0v) is 12.3. The van der Waals surface area contributed by atoms with E-state index in [1.165, 1.54) is 12.2 Å². The Morgan fingerprint density at radius 2 is 1.68 bits per heavy atom. The number of nitrogens with zero attached hydrogens (tertiary/aromatic N) is 2. The van der Waals surface area contributed by atoms with E-state index in [-0.39, 0.29) is 6.73 Å². The van der Waals surface area contributed by atoms with Crippen molar-refractivity contribution in [1.29, 1.82) is 0 Å². The van der Waals surface area contributed by atoms with Gasteiger partial charge in [-0.25, -0.2) is 14.6 Å². The summed E-state index contributed by atoms with van der Waals surface area (Å²) >= 11 is 5.46. The van der Waals surface area contributed by atoms with Crippen LogP contribution in [-0.2, 0) is 14.3 Å². The highest BCUT2D eigenvalue weighted by molar-refractivity contribution is 6.17. The van der Waals surface area contributed by atoms with Crippen LogP contribution in [0.2, 0.25) is 0 Å². The first-order valence-corrected chi connectivity index (χ1v) is 7.07. The molecule has 6 heteroatoms. The van der Waals surface area contributed by atoms with Crippen LogP contribution in [0.5, 0.6) is 0 Å². The molecule has 0 saturated carbocycles. The molecular weight excluding hydrogens is 268 g/mol. The first-order valence-electron chi connectivity index (χ1n) is 6.54. The fourth-order valence-corrected chi connectivity index (χ4v) is 1.26. The molecule has 19 heavy (non-hydrogen) atoms. The van der Waals surface area contributed by atoms with Gasteiger partial charge in [0.2, 0.25) is 12.2 Å². The number of ether oxygens (including phenoxy) is 1. The van der Waals surface area contributed by atoms with E-state index >= 15 is 0 Å². The molecule has 0 heterocycles. The normalized spacial score (nSPS) is 8.74. The predicted molar refractivity (Wildman–Crippen MR) is 76.0 cm³/mol. The number of hydrogen-bond donors (Lipinski definition) is 0. The van der Waals surface area contributed by atoms with Crippen molar-refractivity contribution >= 4 is 23.8 Å². The minimum Gasteiger partial charge on any atom is -0.358 e. The van der Waals surface area contributed by atoms with Crippen molar-refractivity contribution < 1.29 is 14.3 Å². The second-order valence-corrected chi connectivity index (χ2v) is 4.09. The van der Waals surface area contributed by atoms with Gasteiger partial charge >= 0.3 is 0 Å². The molecule has 0 atom stereocenters. The highest BCUT2D eigenvalue weighted by Crippen LogP contribution is 2.00. The van der Waals surface area contributed by atoms with E-state index in [4.69, 9.17) is 16.3 Å². The number of unbranched alkanes of at least 4 members (excludes halogenated alkanes) is 4. The minimum atomic E-state index is 0.156. The molecule has 0 aromatic heterocycles. The summed E-state index contributed by atoms with van der Waals surface area (Å²) < 4.78 is 4.89. The standard InChI is InChI=1S/C7H12ClNO.C6H11NO2/c8-5-3-1-2-4-6-9-7-10;1-2-3-4-9-6-7-5-8/h1-6H2;2-4,6H2,1H3. The third kappa shape index (κ3) is 26.6. The number of halogens is 1. The van der Waals surface area contributed by atoms with Gasteiger partial charge in [0.1, 0.15) is 6.73 Å². The maximum atomic E-state index is 9.58. The van der Waals surface area contributed by atoms with E-state index in [1.54, 1.807) is 0 Å². The van der Waals surface area contributed by atoms with Crippen LogP contribution in [-0.4, -0.2) is 37.9 Å². The molecule has 0 fully saturated rings. The topological polar surface area (TPSA) is 68.1 Å². The Kier molecular flexibility index (Phi) is 23.8. The van der Waals surface area contributed by atoms with Crippen LogP contribution in [0.3, 0.4) is 0 Å². The molecule has 0 unspecified atom stereocenters. The van der Waals surface area contributed by atoms with Crippen LogP contribution < -0.4 is 0 Å². The third-order valence-corrected chi connectivity index (χ3v) is 2.35. The summed E-state index contributed by atoms with van der Waals surface area (Å²) in [6, 6.07) is 0. The Balaban J connectivity index is 0. The predicted octanol–water partition coefficient (Wildman–Crippen LogP) is 3.22. The first kappa shape index (κ1) is 20.3. The molecule has 0 saturated heterocycles. The van der Waals surface area contributed by atoms with Crippen LogP contribution >= 0.6 is 11.6 Å². The molecule has 0 aliphatic carbocycles. The lowest BCUT2D eigenvalue weighted by Gasteiger charge is -1.94. The van der Waals surface area contributed by atoms with E-state index in [0.717, 1.165) is 44.4 Å². The van der Waals surface area contributed by atoms with E-state index in [2.05, 4.69) is 16.9 Å². The van der Waals surface area contributed by atoms with Crippen molar-refractivity contribution in [2.45, 2.75) is 45.4 Å². The Morgan fingerprint density at radius 3 is 2.26 bits per heavy atom. The average molecular weight is 291 g/mol. The van der Waals surface area contributed by atoms with Crippen LogP contribution in [0.1, 0.15) is 45.4 Å². The molecule has 0 radical (unpaired) electrons. The van der Waals surface area contributed by atoms with E-state index < -0.39 is 0 Å². The van der Waals surface area contributed by atoms with Crippen molar-refractivity contribution in [2.24, 2.45) is 9.98 Å². The van der Waals surface area contributed by atoms with E-state index in [9.17, 15) is 9.59 Å². The zero-order valence-electron chi connectivity index (χ0n) is 11.6. The highest BCUT2D eigenvalue weighted by Gasteiger charge is 1.86. The van der Waals surface area contributed by atoms with E-state index in [1.807, 2.05) is 0 Å². The zero-order chi connectivity index (χ0) is 14.6. The van der Waals surface area contributed by atoms with Gasteiger partial charge in [-0.05, 0) is 19.3 Å². The van der Waals surface area contributed by atoms with Crippen molar-refractivity contribution in [2.75, 3.05) is 25.8 Å². The quantitative estimate of drug-likeness (QED) is 0.254. The van der Waals surface area contributed by atoms with Gasteiger partial charge < -0.3 is 4.74 Å². The van der Waals surface area contributed by atoms with Gasteiger partial charge in [0.05, 0.1) is 6.54 Å². The summed E-state index contributed by atoms with van der Waals surface area (Å²) in [5.41, 5.74) is 0. The maximum Gasteiger partial charge on any atom is 0.237 e. The van der Waals surface area contributed by atoms with Crippen molar-refractivity contribution in [3.63, 3.8) is 0 Å². The molecule has 0 rings (SSSR count). The smallest absolute Gasteiger partial charge is 0.237 e. The van der Waals surface area contributed by atoms with Crippen LogP contribution in [0.4, 0.5) is 0 Å². The maximum absolute atomic E-state index is 9.58. The van der Waals surface area contributed by atoms with Gasteiger partial charge in [-0.2, -0.15) is 4.99 Å². The highest BCUT2D eigenvalue weighted by atomic mass is 35.5. The lowest BCUT2D eigenvalue weighted by Crippen LogP contribution is -1.92. The molecule has 0 aliphatic rings. The van der Waals surface area contributed by atoms with Crippen molar-refractivity contribution in [3.05, 3.63) is 0 Å². The molecule has 0 amide bonds. The Morgan fingerprint density at radius 1 is 1.00 bits per heavy atom. The fraction of sp³-hybridized carbons (Fsp3) is 0.846. The Hall–Kier alpha value is -0.990. The molecule has 110 valence electrons. The third-order valence-electron chi connectivity index (χ3n) is 2.08. The van der Waals surface area contributed by atoms with Gasteiger partial charge in [0, 0.05) is 12.5 Å². The number of hydrogen-bond acceptors (Lipinski definition) is 5. The lowest BCUT2D eigenvalue weighted by atomic mass is 10.2. The fourth-order valence-electron chi connectivity index (χ4n) is 1.07. The molecule has 0 aliphatic heterocycles. The molecule has 0 N–H and O–H groups in total. The summed E-state index contributed by atoms with van der Waals surface area (Å²) in [6.45, 7) is 3.53. The second kappa shape index (κ2) is 22.2. The van der Waals surface area contributed by atoms with Crippen LogP contribution in [0.25, 0.3) is 0 Å². The summed E-state index contributed by atoms with van der Waals surface area (Å²) in [7, 11) is 0. The summed E-state index contributed by atoms with van der Waals surface area (Å²) in [5.74, 6) is 0.733. The largest absolute Gasteiger partial charge is 0.358 e. The van der Waals surface area contributed by atoms with Crippen molar-refractivity contribution in [3.8, 4) is 0 Å². The summed E-state index contributed by atoms with van der Waals surface area (Å²) in [4.78, 5) is 25.7. The van der Waals surface area contributed by atoms with Gasteiger partial charge in [-0.3, -0.25) is 0 Å². The average Bonchev–Trinajstić information content (AvgIpc) is 2.43. The van der Waals surface area contributed by atoms with Gasteiger partial charge in [-0.15, -0.1) is 11.6 Å². The van der Waals surface area contributed by atoms with Gasteiger partial charge in [0.25, 0.3) is 0 Å². The summed E-state index contributed by atoms with van der Waals surface area (Å²) in [5, 5.41) is 0. The van der Waals surface area contributed by atoms with Crippen LogP contribution in [0, 0.1) is 0 Å². The second-order valence-electron chi connectivity index (χ2n) is 3.72. The van der Waals surface area contributed by atoms with Gasteiger partial charge in [-0.1, -0.05) is 26.2 Å². The molecule has 0 spiro atoms. The summed E-state index contributed by atoms with van der Waals surface area (Å²) in [6.07, 6.45) is 9.31. The number of rotatable bonds is 11. The van der Waals surface area contributed by atoms with Crippen molar-refractivity contribution in [1.82, 2.24) is 0 Å². The molecule has 0 aromatic carbocycles.